The van der Waals surface area contributed by atoms with Gasteiger partial charge in [-0.2, -0.15) is 0 Å². The topological polar surface area (TPSA) is 58.3 Å². The van der Waals surface area contributed by atoms with Crippen molar-refractivity contribution in [3.05, 3.63) is 17.5 Å². The van der Waals surface area contributed by atoms with Crippen molar-refractivity contribution < 1.29 is 9.63 Å². The van der Waals surface area contributed by atoms with Crippen LogP contribution in [0.3, 0.4) is 0 Å². The fourth-order valence-electron chi connectivity index (χ4n) is 2.86. The van der Waals surface area contributed by atoms with E-state index in [9.17, 15) is 5.11 Å². The summed E-state index contributed by atoms with van der Waals surface area (Å²) in [6.07, 6.45) is 6.31. The zero-order valence-electron chi connectivity index (χ0n) is 11.4. The first-order valence-corrected chi connectivity index (χ1v) is 6.92. The maximum Gasteiger partial charge on any atom is 0.150 e. The zero-order valence-corrected chi connectivity index (χ0v) is 11.4. The first-order chi connectivity index (χ1) is 8.64. The second-order valence-electron chi connectivity index (χ2n) is 5.70. The van der Waals surface area contributed by atoms with Gasteiger partial charge >= 0.3 is 0 Å². The summed E-state index contributed by atoms with van der Waals surface area (Å²) in [6.45, 7) is 4.84. The largest absolute Gasteiger partial charge is 0.394 e. The molecule has 2 N–H and O–H groups in total. The number of rotatable bonds is 5. The van der Waals surface area contributed by atoms with Crippen LogP contribution < -0.4 is 5.32 Å². The lowest BCUT2D eigenvalue weighted by Crippen LogP contribution is -2.52. The number of hydrogen-bond acceptors (Lipinski definition) is 4. The molecule has 1 saturated carbocycles. The van der Waals surface area contributed by atoms with Gasteiger partial charge in [-0.15, -0.1) is 0 Å². The maximum atomic E-state index is 9.71. The zero-order chi connectivity index (χ0) is 13.0. The van der Waals surface area contributed by atoms with Crippen LogP contribution in [0.2, 0.25) is 0 Å². The first kappa shape index (κ1) is 13.6. The molecule has 0 saturated heterocycles. The molecule has 0 unspecified atom stereocenters. The van der Waals surface area contributed by atoms with Gasteiger partial charge in [-0.3, -0.25) is 0 Å². The van der Waals surface area contributed by atoms with E-state index < -0.39 is 0 Å². The van der Waals surface area contributed by atoms with Gasteiger partial charge in [-0.05, 0) is 32.6 Å². The van der Waals surface area contributed by atoms with Crippen LogP contribution in [-0.4, -0.2) is 22.4 Å². The average molecular weight is 252 g/mol. The summed E-state index contributed by atoms with van der Waals surface area (Å²) in [5, 5.41) is 17.1. The standard InChI is InChI=1S/C14H24N2O2/c1-11-8-13(18-16-11)9-15-14(2,10-17)12-6-4-3-5-7-12/h8,12,15,17H,3-7,9-10H2,1-2H3/t14-/m0/s1. The van der Waals surface area contributed by atoms with E-state index >= 15 is 0 Å². The highest BCUT2D eigenvalue weighted by atomic mass is 16.5. The van der Waals surface area contributed by atoms with Crippen LogP contribution in [0, 0.1) is 12.8 Å². The third kappa shape index (κ3) is 3.12. The second kappa shape index (κ2) is 5.85. The van der Waals surface area contributed by atoms with Crippen molar-refractivity contribution in [2.75, 3.05) is 6.61 Å². The van der Waals surface area contributed by atoms with Crippen molar-refractivity contribution in [3.63, 3.8) is 0 Å². The first-order valence-electron chi connectivity index (χ1n) is 6.92. The Hall–Kier alpha value is -0.870. The molecule has 102 valence electrons. The van der Waals surface area contributed by atoms with Crippen LogP contribution in [0.25, 0.3) is 0 Å². The van der Waals surface area contributed by atoms with Crippen molar-refractivity contribution in [1.82, 2.24) is 10.5 Å². The minimum absolute atomic E-state index is 0.171. The number of aromatic nitrogens is 1. The number of hydrogen-bond donors (Lipinski definition) is 2. The highest BCUT2D eigenvalue weighted by molar-refractivity contribution is 5.04. The molecule has 0 bridgehead atoms. The Labute approximate surface area is 109 Å². The predicted octanol–water partition coefficient (Wildman–Crippen LogP) is 2.40. The molecule has 1 aliphatic carbocycles. The van der Waals surface area contributed by atoms with E-state index in [2.05, 4.69) is 17.4 Å². The van der Waals surface area contributed by atoms with Crippen LogP contribution in [-0.2, 0) is 6.54 Å². The molecular weight excluding hydrogens is 228 g/mol. The highest BCUT2D eigenvalue weighted by Crippen LogP contribution is 2.32. The number of aliphatic hydroxyl groups excluding tert-OH is 1. The molecule has 0 aliphatic heterocycles. The van der Waals surface area contributed by atoms with Gasteiger partial charge in [0.15, 0.2) is 5.76 Å². The molecule has 0 amide bonds. The molecule has 18 heavy (non-hydrogen) atoms. The van der Waals surface area contributed by atoms with Crippen LogP contribution in [0.15, 0.2) is 10.6 Å². The highest BCUT2D eigenvalue weighted by Gasteiger charge is 2.34. The van der Waals surface area contributed by atoms with Crippen molar-refractivity contribution in [3.8, 4) is 0 Å². The molecule has 0 radical (unpaired) electrons. The second-order valence-corrected chi connectivity index (χ2v) is 5.70. The van der Waals surface area contributed by atoms with Gasteiger partial charge in [0.05, 0.1) is 18.8 Å². The third-order valence-corrected chi connectivity index (χ3v) is 4.18. The smallest absolute Gasteiger partial charge is 0.150 e. The molecule has 1 aromatic heterocycles. The Balaban J connectivity index is 1.94. The molecular formula is C14H24N2O2. The number of nitrogens with zero attached hydrogens (tertiary/aromatic N) is 1. The Bertz CT molecular complexity index is 372. The predicted molar refractivity (Wildman–Crippen MR) is 70.1 cm³/mol. The molecule has 1 fully saturated rings. The van der Waals surface area contributed by atoms with E-state index in [0.29, 0.717) is 12.5 Å². The van der Waals surface area contributed by atoms with Crippen LogP contribution in [0.4, 0.5) is 0 Å². The molecule has 1 atom stereocenters. The van der Waals surface area contributed by atoms with Gasteiger partial charge in [0.1, 0.15) is 0 Å². The summed E-state index contributed by atoms with van der Waals surface area (Å²) < 4.78 is 5.20. The summed E-state index contributed by atoms with van der Waals surface area (Å²) >= 11 is 0. The lowest BCUT2D eigenvalue weighted by molar-refractivity contribution is 0.0913. The Morgan fingerprint density at radius 2 is 2.17 bits per heavy atom. The van der Waals surface area contributed by atoms with Gasteiger partial charge in [0.2, 0.25) is 0 Å². The fourth-order valence-corrected chi connectivity index (χ4v) is 2.86. The van der Waals surface area contributed by atoms with Crippen molar-refractivity contribution in [1.29, 1.82) is 0 Å². The lowest BCUT2D eigenvalue weighted by Gasteiger charge is -2.39. The van der Waals surface area contributed by atoms with Crippen LogP contribution in [0.5, 0.6) is 0 Å². The quantitative estimate of drug-likeness (QED) is 0.845. The molecule has 1 heterocycles. The monoisotopic (exact) mass is 252 g/mol. The normalized spacial score (nSPS) is 20.8. The van der Waals surface area contributed by atoms with Crippen molar-refractivity contribution in [2.24, 2.45) is 5.92 Å². The minimum atomic E-state index is -0.207. The number of aryl methyl sites for hydroxylation is 1. The van der Waals surface area contributed by atoms with Gasteiger partial charge in [-0.1, -0.05) is 24.4 Å². The molecule has 4 nitrogen and oxygen atoms in total. The summed E-state index contributed by atoms with van der Waals surface area (Å²) in [7, 11) is 0. The number of nitrogens with one attached hydrogen (secondary N) is 1. The summed E-state index contributed by atoms with van der Waals surface area (Å²) in [5.41, 5.74) is 0.691. The fraction of sp³-hybridized carbons (Fsp3) is 0.786. The van der Waals surface area contributed by atoms with Crippen molar-refractivity contribution >= 4 is 0 Å². The lowest BCUT2D eigenvalue weighted by atomic mass is 9.76. The van der Waals surface area contributed by atoms with E-state index in [1.807, 2.05) is 13.0 Å². The van der Waals surface area contributed by atoms with Crippen LogP contribution >= 0.6 is 0 Å². The molecule has 2 rings (SSSR count). The van der Waals surface area contributed by atoms with E-state index in [1.165, 1.54) is 32.1 Å². The Morgan fingerprint density at radius 3 is 2.72 bits per heavy atom. The molecule has 4 heteroatoms. The summed E-state index contributed by atoms with van der Waals surface area (Å²) in [4.78, 5) is 0. The summed E-state index contributed by atoms with van der Waals surface area (Å²) in [5.74, 6) is 1.39. The third-order valence-electron chi connectivity index (χ3n) is 4.18. The SMILES string of the molecule is Cc1cc(CN[C@@](C)(CO)C2CCCCC2)on1. The number of aliphatic hydroxyl groups is 1. The van der Waals surface area contributed by atoms with Crippen LogP contribution in [0.1, 0.15) is 50.5 Å². The average Bonchev–Trinajstić information content (AvgIpc) is 2.83. The van der Waals surface area contributed by atoms with E-state index in [-0.39, 0.29) is 12.1 Å². The molecule has 0 aromatic carbocycles. The maximum absolute atomic E-state index is 9.71. The Morgan fingerprint density at radius 1 is 1.44 bits per heavy atom. The van der Waals surface area contributed by atoms with E-state index in [1.54, 1.807) is 0 Å². The summed E-state index contributed by atoms with van der Waals surface area (Å²) in [6, 6.07) is 1.94. The van der Waals surface area contributed by atoms with Gasteiger partial charge in [0.25, 0.3) is 0 Å². The van der Waals surface area contributed by atoms with E-state index in [0.717, 1.165) is 11.5 Å². The molecule has 1 aromatic rings. The Kier molecular flexibility index (Phi) is 4.40. The molecule has 1 aliphatic rings. The minimum Gasteiger partial charge on any atom is -0.394 e. The molecule has 0 spiro atoms. The van der Waals surface area contributed by atoms with Gasteiger partial charge in [0, 0.05) is 11.6 Å². The van der Waals surface area contributed by atoms with Crippen molar-refractivity contribution in [2.45, 2.75) is 58.0 Å². The van der Waals surface area contributed by atoms with E-state index in [4.69, 9.17) is 4.52 Å². The van der Waals surface area contributed by atoms with Gasteiger partial charge < -0.3 is 14.9 Å². The van der Waals surface area contributed by atoms with Gasteiger partial charge in [-0.25, -0.2) is 0 Å².